The van der Waals surface area contributed by atoms with E-state index in [1.807, 2.05) is 11.6 Å². The number of fused-ring (bicyclic) bond motifs is 1. The summed E-state index contributed by atoms with van der Waals surface area (Å²) in [5, 5.41) is 0. The fourth-order valence-electron chi connectivity index (χ4n) is 3.96. The number of hydrogen-bond donors (Lipinski definition) is 1. The minimum atomic E-state index is -3.72. The zero-order valence-electron chi connectivity index (χ0n) is 19.9. The van der Waals surface area contributed by atoms with Crippen LogP contribution in [0.3, 0.4) is 0 Å². The molecule has 1 aromatic carbocycles. The standard InChI is InChI=1S/C22H35N5O4S/c1-15(2)11-20-23-19-13-16(24-32(29,30)25(3)4)12-18(21(19)27(20)6)22(28)26(5)14-17-9-7-8-10-31-17/h12-13,15,17,24H,7-11,14H2,1-6H3. The zero-order valence-corrected chi connectivity index (χ0v) is 20.7. The van der Waals surface area contributed by atoms with Gasteiger partial charge >= 0.3 is 10.2 Å². The number of carbonyl (C=O) groups is 1. The molecule has 0 saturated carbocycles. The van der Waals surface area contributed by atoms with Crippen molar-refractivity contribution in [2.45, 2.75) is 45.6 Å². The maximum atomic E-state index is 13.5. The van der Waals surface area contributed by atoms with E-state index in [0.717, 1.165) is 42.4 Å². The van der Waals surface area contributed by atoms with E-state index in [1.54, 1.807) is 24.1 Å². The summed E-state index contributed by atoms with van der Waals surface area (Å²) >= 11 is 0. The second-order valence-electron chi connectivity index (χ2n) is 9.14. The molecular formula is C22H35N5O4S. The van der Waals surface area contributed by atoms with Crippen LogP contribution in [0, 0.1) is 5.92 Å². The number of rotatable bonds is 8. The van der Waals surface area contributed by atoms with Gasteiger partial charge < -0.3 is 14.2 Å². The van der Waals surface area contributed by atoms with Crippen LogP contribution in [0.5, 0.6) is 0 Å². The van der Waals surface area contributed by atoms with Crippen LogP contribution in [0.1, 0.15) is 49.3 Å². The number of carbonyl (C=O) groups excluding carboxylic acids is 1. The van der Waals surface area contributed by atoms with E-state index in [2.05, 4.69) is 18.6 Å². The molecule has 2 heterocycles. The maximum absolute atomic E-state index is 13.5. The van der Waals surface area contributed by atoms with Crippen LogP contribution in [-0.2, 0) is 28.4 Å². The molecule has 0 radical (unpaired) electrons. The maximum Gasteiger partial charge on any atom is 0.301 e. The lowest BCUT2D eigenvalue weighted by molar-refractivity contribution is -0.000158. The highest BCUT2D eigenvalue weighted by Gasteiger charge is 2.25. The molecule has 1 saturated heterocycles. The molecule has 1 aliphatic heterocycles. The first kappa shape index (κ1) is 24.5. The summed E-state index contributed by atoms with van der Waals surface area (Å²) in [6, 6.07) is 3.28. The Labute approximate surface area is 190 Å². The van der Waals surface area contributed by atoms with E-state index in [-0.39, 0.29) is 12.0 Å². The average molecular weight is 466 g/mol. The number of likely N-dealkylation sites (N-methyl/N-ethyl adjacent to an activating group) is 1. The molecule has 1 atom stereocenters. The predicted molar refractivity (Wildman–Crippen MR) is 126 cm³/mol. The Hall–Kier alpha value is -2.17. The molecular weight excluding hydrogens is 430 g/mol. The molecule has 0 bridgehead atoms. The molecule has 9 nitrogen and oxygen atoms in total. The van der Waals surface area contributed by atoms with Gasteiger partial charge in [0.2, 0.25) is 0 Å². The normalized spacial score (nSPS) is 17.3. The quantitative estimate of drug-likeness (QED) is 0.646. The summed E-state index contributed by atoms with van der Waals surface area (Å²) in [4.78, 5) is 19.9. The number of amides is 1. The first-order valence-corrected chi connectivity index (χ1v) is 12.5. The van der Waals surface area contributed by atoms with Crippen LogP contribution < -0.4 is 4.72 Å². The first-order chi connectivity index (χ1) is 15.0. The van der Waals surface area contributed by atoms with Gasteiger partial charge in [-0.2, -0.15) is 12.7 Å². The number of hydrogen-bond acceptors (Lipinski definition) is 5. The van der Waals surface area contributed by atoms with Gasteiger partial charge in [-0.25, -0.2) is 4.98 Å². The van der Waals surface area contributed by atoms with E-state index in [1.165, 1.54) is 14.1 Å². The molecule has 178 valence electrons. The van der Waals surface area contributed by atoms with Crippen LogP contribution in [0.4, 0.5) is 5.69 Å². The lowest BCUT2D eigenvalue weighted by Crippen LogP contribution is -2.37. The molecule has 1 amide bonds. The minimum Gasteiger partial charge on any atom is -0.376 e. The van der Waals surface area contributed by atoms with Crippen LogP contribution in [0.2, 0.25) is 0 Å². The Balaban J connectivity index is 2.04. The summed E-state index contributed by atoms with van der Waals surface area (Å²) in [5.41, 5.74) is 2.02. The van der Waals surface area contributed by atoms with Gasteiger partial charge in [0.05, 0.1) is 28.4 Å². The van der Waals surface area contributed by atoms with E-state index in [0.29, 0.717) is 34.7 Å². The third kappa shape index (κ3) is 5.41. The van der Waals surface area contributed by atoms with Crippen molar-refractivity contribution in [1.82, 2.24) is 18.8 Å². The molecule has 1 aliphatic rings. The molecule has 10 heteroatoms. The third-order valence-electron chi connectivity index (χ3n) is 5.71. The van der Waals surface area contributed by atoms with Crippen molar-refractivity contribution in [3.8, 4) is 0 Å². The van der Waals surface area contributed by atoms with Crippen molar-refractivity contribution in [3.05, 3.63) is 23.5 Å². The Morgan fingerprint density at radius 1 is 1.28 bits per heavy atom. The van der Waals surface area contributed by atoms with Gasteiger partial charge in [-0.1, -0.05) is 13.8 Å². The van der Waals surface area contributed by atoms with E-state index in [9.17, 15) is 13.2 Å². The number of nitrogens with one attached hydrogen (secondary N) is 1. The number of anilines is 1. The molecule has 2 aromatic rings. The summed E-state index contributed by atoms with van der Waals surface area (Å²) in [6.07, 6.45) is 3.85. The van der Waals surface area contributed by atoms with E-state index >= 15 is 0 Å². The van der Waals surface area contributed by atoms with Gasteiger partial charge in [-0.05, 0) is 37.3 Å². The molecule has 3 rings (SSSR count). The molecule has 32 heavy (non-hydrogen) atoms. The lowest BCUT2D eigenvalue weighted by Gasteiger charge is -2.27. The van der Waals surface area contributed by atoms with E-state index in [4.69, 9.17) is 9.72 Å². The van der Waals surface area contributed by atoms with Crippen LogP contribution in [0.15, 0.2) is 12.1 Å². The first-order valence-electron chi connectivity index (χ1n) is 11.1. The Kier molecular flexibility index (Phi) is 7.46. The largest absolute Gasteiger partial charge is 0.376 e. The number of benzene rings is 1. The van der Waals surface area contributed by atoms with Crippen LogP contribution >= 0.6 is 0 Å². The van der Waals surface area contributed by atoms with Crippen molar-refractivity contribution in [2.24, 2.45) is 13.0 Å². The Morgan fingerprint density at radius 3 is 2.59 bits per heavy atom. The molecule has 0 aliphatic carbocycles. The van der Waals surface area contributed by atoms with Crippen molar-refractivity contribution in [2.75, 3.05) is 39.0 Å². The van der Waals surface area contributed by atoms with E-state index < -0.39 is 10.2 Å². The summed E-state index contributed by atoms with van der Waals surface area (Å²) in [7, 11) is 2.84. The van der Waals surface area contributed by atoms with Gasteiger partial charge in [0.1, 0.15) is 5.82 Å². The van der Waals surface area contributed by atoms with Crippen molar-refractivity contribution >= 4 is 32.8 Å². The van der Waals surface area contributed by atoms with Gasteiger partial charge in [0.25, 0.3) is 5.91 Å². The number of ether oxygens (including phenoxy) is 1. The topological polar surface area (TPSA) is 96.8 Å². The summed E-state index contributed by atoms with van der Waals surface area (Å²) in [6.45, 7) is 5.43. The van der Waals surface area contributed by atoms with Crippen molar-refractivity contribution < 1.29 is 17.9 Å². The van der Waals surface area contributed by atoms with Crippen LogP contribution in [-0.4, -0.2) is 73.5 Å². The highest BCUT2D eigenvalue weighted by atomic mass is 32.2. The number of aromatic nitrogens is 2. The summed E-state index contributed by atoms with van der Waals surface area (Å²) < 4.78 is 36.2. The number of imidazole rings is 1. The summed E-state index contributed by atoms with van der Waals surface area (Å²) in [5.74, 6) is 1.06. The minimum absolute atomic E-state index is 0.0201. The fraction of sp³-hybridized carbons (Fsp3) is 0.636. The smallest absolute Gasteiger partial charge is 0.301 e. The molecule has 1 aromatic heterocycles. The second kappa shape index (κ2) is 9.76. The van der Waals surface area contributed by atoms with Gasteiger partial charge in [0.15, 0.2) is 0 Å². The van der Waals surface area contributed by atoms with Gasteiger partial charge in [0, 0.05) is 47.8 Å². The third-order valence-corrected chi connectivity index (χ3v) is 7.16. The molecule has 0 spiro atoms. The second-order valence-corrected chi connectivity index (χ2v) is 11.0. The Morgan fingerprint density at radius 2 is 2.00 bits per heavy atom. The molecule has 1 unspecified atom stereocenters. The SMILES string of the molecule is CC(C)Cc1nc2cc(NS(=O)(=O)N(C)C)cc(C(=O)N(C)CC3CCCCO3)c2n1C. The zero-order chi connectivity index (χ0) is 23.6. The molecule has 1 fully saturated rings. The van der Waals surface area contributed by atoms with Gasteiger partial charge in [-0.3, -0.25) is 9.52 Å². The monoisotopic (exact) mass is 465 g/mol. The van der Waals surface area contributed by atoms with Crippen molar-refractivity contribution in [1.29, 1.82) is 0 Å². The fourth-order valence-corrected chi connectivity index (χ4v) is 4.55. The highest BCUT2D eigenvalue weighted by Crippen LogP contribution is 2.28. The predicted octanol–water partition coefficient (Wildman–Crippen LogP) is 2.63. The number of aryl methyl sites for hydroxylation is 1. The Bertz CT molecular complexity index is 1070. The number of nitrogens with zero attached hydrogens (tertiary/aromatic N) is 4. The van der Waals surface area contributed by atoms with Crippen LogP contribution in [0.25, 0.3) is 11.0 Å². The molecule has 1 N–H and O–H groups in total. The highest BCUT2D eigenvalue weighted by molar-refractivity contribution is 7.90. The average Bonchev–Trinajstić information content (AvgIpc) is 3.01. The van der Waals surface area contributed by atoms with Gasteiger partial charge in [-0.15, -0.1) is 0 Å². The van der Waals surface area contributed by atoms with Crippen molar-refractivity contribution in [3.63, 3.8) is 0 Å². The lowest BCUT2D eigenvalue weighted by atomic mass is 10.1.